The highest BCUT2D eigenvalue weighted by Crippen LogP contribution is 2.24. The fourth-order valence-corrected chi connectivity index (χ4v) is 1.79. The predicted molar refractivity (Wildman–Crippen MR) is 64.3 cm³/mol. The molecule has 0 unspecified atom stereocenters. The normalized spacial score (nSPS) is 10.4. The Hall–Kier alpha value is -2.03. The van der Waals surface area contributed by atoms with E-state index in [4.69, 9.17) is 4.74 Å². The maximum absolute atomic E-state index is 10.7. The molecular weight excluding hydrogens is 202 g/mol. The molecule has 82 valence electrons. The minimum atomic E-state index is 0.617. The molecule has 16 heavy (non-hydrogen) atoms. The lowest BCUT2D eigenvalue weighted by Gasteiger charge is -2.05. The monoisotopic (exact) mass is 215 g/mol. The summed E-state index contributed by atoms with van der Waals surface area (Å²) in [6.45, 7) is 3.83. The molecule has 0 aliphatic rings. The second-order valence-corrected chi connectivity index (χ2v) is 3.65. The molecule has 1 aromatic heterocycles. The number of hydrogen-bond acceptors (Lipinski definition) is 2. The average Bonchev–Trinajstić information content (AvgIpc) is 2.65. The number of carbonyl (C=O) groups is 1. The summed E-state index contributed by atoms with van der Waals surface area (Å²) in [6, 6.07) is 7.57. The lowest BCUT2D eigenvalue weighted by Crippen LogP contribution is -1.96. The fraction of sp³-hybridized carbons (Fsp3) is 0.154. The number of ether oxygens (including phenoxy) is 1. The minimum Gasteiger partial charge on any atom is -0.495 e. The Morgan fingerprint density at radius 1 is 1.44 bits per heavy atom. The topological polar surface area (TPSA) is 31.2 Å². The second-order valence-electron chi connectivity index (χ2n) is 3.65. The van der Waals surface area contributed by atoms with Gasteiger partial charge in [0.2, 0.25) is 0 Å². The molecule has 0 N–H and O–H groups in total. The highest BCUT2D eigenvalue weighted by atomic mass is 16.5. The van der Waals surface area contributed by atoms with Crippen LogP contribution in [-0.4, -0.2) is 18.0 Å². The van der Waals surface area contributed by atoms with Crippen LogP contribution in [0.4, 0.5) is 0 Å². The number of benzene rings is 1. The van der Waals surface area contributed by atoms with Gasteiger partial charge in [-0.25, -0.2) is 0 Å². The van der Waals surface area contributed by atoms with Crippen molar-refractivity contribution in [3.63, 3.8) is 0 Å². The van der Waals surface area contributed by atoms with Crippen LogP contribution in [0.5, 0.6) is 0 Å². The van der Waals surface area contributed by atoms with Crippen LogP contribution in [0.15, 0.2) is 30.8 Å². The Kier molecular flexibility index (Phi) is 2.52. The molecule has 0 spiro atoms. The van der Waals surface area contributed by atoms with Gasteiger partial charge in [-0.05, 0) is 12.1 Å². The minimum absolute atomic E-state index is 0.617. The molecule has 2 aromatic rings. The zero-order valence-corrected chi connectivity index (χ0v) is 9.36. The van der Waals surface area contributed by atoms with Crippen molar-refractivity contribution in [2.45, 2.75) is 0 Å². The maximum Gasteiger partial charge on any atom is 0.150 e. The molecule has 3 heteroatoms. The predicted octanol–water partition coefficient (Wildman–Crippen LogP) is 2.61. The van der Waals surface area contributed by atoms with Crippen LogP contribution in [0.1, 0.15) is 16.1 Å². The van der Waals surface area contributed by atoms with E-state index in [1.54, 1.807) is 13.2 Å². The summed E-state index contributed by atoms with van der Waals surface area (Å²) in [5, 5.41) is 1.07. The Balaban J connectivity index is 2.68. The zero-order valence-electron chi connectivity index (χ0n) is 9.36. The number of rotatable bonds is 3. The Morgan fingerprint density at radius 3 is 2.81 bits per heavy atom. The number of aryl methyl sites for hydroxylation is 1. The highest BCUT2D eigenvalue weighted by molar-refractivity contribution is 5.89. The number of aldehydes is 1. The highest BCUT2D eigenvalue weighted by Gasteiger charge is 2.09. The van der Waals surface area contributed by atoms with Gasteiger partial charge in [-0.1, -0.05) is 18.7 Å². The van der Waals surface area contributed by atoms with Crippen molar-refractivity contribution in [2.75, 3.05) is 7.11 Å². The van der Waals surface area contributed by atoms with Crippen LogP contribution in [0.2, 0.25) is 0 Å². The van der Waals surface area contributed by atoms with E-state index >= 15 is 0 Å². The number of methoxy groups -OCH3 is 1. The SMILES string of the molecule is C=C(OC)c1cc2ccc(C=O)cc2n1C. The third-order valence-corrected chi connectivity index (χ3v) is 2.74. The van der Waals surface area contributed by atoms with Gasteiger partial charge >= 0.3 is 0 Å². The van der Waals surface area contributed by atoms with Crippen LogP contribution < -0.4 is 0 Å². The van der Waals surface area contributed by atoms with Gasteiger partial charge in [-0.3, -0.25) is 4.79 Å². The van der Waals surface area contributed by atoms with Crippen LogP contribution >= 0.6 is 0 Å². The summed E-state index contributed by atoms with van der Waals surface area (Å²) in [7, 11) is 3.52. The van der Waals surface area contributed by atoms with Crippen molar-refractivity contribution in [1.29, 1.82) is 0 Å². The summed E-state index contributed by atoms with van der Waals surface area (Å²) < 4.78 is 7.08. The van der Waals surface area contributed by atoms with E-state index in [1.165, 1.54) is 0 Å². The van der Waals surface area contributed by atoms with Crippen molar-refractivity contribution in [2.24, 2.45) is 7.05 Å². The molecule has 0 aliphatic carbocycles. The molecule has 0 amide bonds. The van der Waals surface area contributed by atoms with E-state index in [-0.39, 0.29) is 0 Å². The third kappa shape index (κ3) is 1.50. The zero-order chi connectivity index (χ0) is 11.7. The fourth-order valence-electron chi connectivity index (χ4n) is 1.79. The van der Waals surface area contributed by atoms with Crippen LogP contribution in [0.25, 0.3) is 16.7 Å². The first-order chi connectivity index (χ1) is 7.67. The summed E-state index contributed by atoms with van der Waals surface area (Å²) in [4.78, 5) is 10.7. The van der Waals surface area contributed by atoms with E-state index in [1.807, 2.05) is 29.8 Å². The summed E-state index contributed by atoms with van der Waals surface area (Å²) in [6.07, 6.45) is 0.844. The first-order valence-electron chi connectivity index (χ1n) is 4.95. The third-order valence-electron chi connectivity index (χ3n) is 2.74. The second kappa shape index (κ2) is 3.85. The molecule has 3 nitrogen and oxygen atoms in total. The number of aromatic nitrogens is 1. The molecule has 0 saturated heterocycles. The molecule has 1 aromatic carbocycles. The summed E-state index contributed by atoms with van der Waals surface area (Å²) in [5.74, 6) is 0.617. The van der Waals surface area contributed by atoms with E-state index < -0.39 is 0 Å². The van der Waals surface area contributed by atoms with Crippen LogP contribution in [0, 0.1) is 0 Å². The van der Waals surface area contributed by atoms with Gasteiger partial charge in [0.15, 0.2) is 0 Å². The molecule has 0 bridgehead atoms. The number of fused-ring (bicyclic) bond motifs is 1. The Labute approximate surface area is 93.9 Å². The molecule has 0 saturated carbocycles. The summed E-state index contributed by atoms with van der Waals surface area (Å²) in [5.41, 5.74) is 2.58. The first kappa shape index (κ1) is 10.5. The largest absolute Gasteiger partial charge is 0.495 e. The quantitative estimate of drug-likeness (QED) is 0.582. The number of hydrogen-bond donors (Lipinski definition) is 0. The molecule has 1 heterocycles. The van der Waals surface area contributed by atoms with E-state index in [2.05, 4.69) is 6.58 Å². The average molecular weight is 215 g/mol. The van der Waals surface area contributed by atoms with E-state index in [0.717, 1.165) is 22.9 Å². The van der Waals surface area contributed by atoms with Crippen LogP contribution in [-0.2, 0) is 11.8 Å². The van der Waals surface area contributed by atoms with Gasteiger partial charge in [-0.2, -0.15) is 0 Å². The lowest BCUT2D eigenvalue weighted by atomic mass is 10.2. The molecule has 0 radical (unpaired) electrons. The van der Waals surface area contributed by atoms with Gasteiger partial charge in [0, 0.05) is 23.5 Å². The lowest BCUT2D eigenvalue weighted by molar-refractivity contribution is 0.112. The standard InChI is InChI=1S/C13H13NO2/c1-9(16-3)12-7-11-5-4-10(8-15)6-13(11)14(12)2/h4-8H,1H2,2-3H3. The van der Waals surface area contributed by atoms with Gasteiger partial charge in [0.25, 0.3) is 0 Å². The smallest absolute Gasteiger partial charge is 0.150 e. The molecule has 0 aliphatic heterocycles. The summed E-state index contributed by atoms with van der Waals surface area (Å²) >= 11 is 0. The van der Waals surface area contributed by atoms with Crippen molar-refractivity contribution in [3.8, 4) is 0 Å². The maximum atomic E-state index is 10.7. The molecular formula is C13H13NO2. The first-order valence-corrected chi connectivity index (χ1v) is 4.95. The van der Waals surface area contributed by atoms with Crippen LogP contribution in [0.3, 0.4) is 0 Å². The van der Waals surface area contributed by atoms with Crippen molar-refractivity contribution in [3.05, 3.63) is 42.1 Å². The van der Waals surface area contributed by atoms with Crippen molar-refractivity contribution in [1.82, 2.24) is 4.57 Å². The van der Waals surface area contributed by atoms with Gasteiger partial charge in [0.05, 0.1) is 12.8 Å². The van der Waals surface area contributed by atoms with Gasteiger partial charge < -0.3 is 9.30 Å². The van der Waals surface area contributed by atoms with Crippen molar-refractivity contribution < 1.29 is 9.53 Å². The Morgan fingerprint density at radius 2 is 2.19 bits per heavy atom. The number of nitrogens with zero attached hydrogens (tertiary/aromatic N) is 1. The molecule has 2 rings (SSSR count). The molecule has 0 fully saturated rings. The Bertz CT molecular complexity index is 567. The number of carbonyl (C=O) groups excluding carboxylic acids is 1. The van der Waals surface area contributed by atoms with E-state index in [0.29, 0.717) is 11.3 Å². The van der Waals surface area contributed by atoms with E-state index in [9.17, 15) is 4.79 Å². The molecule has 0 atom stereocenters. The van der Waals surface area contributed by atoms with Gasteiger partial charge in [-0.15, -0.1) is 0 Å². The van der Waals surface area contributed by atoms with Gasteiger partial charge in [0.1, 0.15) is 12.0 Å². The van der Waals surface area contributed by atoms with Crippen molar-refractivity contribution >= 4 is 22.9 Å².